The number of hydrogen-bond donors (Lipinski definition) is 1. The maximum atomic E-state index is 12.3. The first-order chi connectivity index (χ1) is 15.1. The second-order valence-electron chi connectivity index (χ2n) is 6.93. The number of ether oxygens (including phenoxy) is 1. The Kier molecular flexibility index (Phi) is 8.79. The number of nitrogens with zero attached hydrogens (tertiary/aromatic N) is 3. The molecule has 2 aromatic carbocycles. The van der Waals surface area contributed by atoms with Crippen LogP contribution in [0.4, 0.5) is 5.95 Å². The van der Waals surface area contributed by atoms with E-state index in [-0.39, 0.29) is 5.91 Å². The highest BCUT2D eigenvalue weighted by Gasteiger charge is 2.14. The molecule has 3 rings (SSSR count). The van der Waals surface area contributed by atoms with Gasteiger partial charge in [0.15, 0.2) is 5.16 Å². The van der Waals surface area contributed by atoms with Crippen LogP contribution < -0.4 is 10.1 Å². The molecule has 0 aliphatic carbocycles. The lowest BCUT2D eigenvalue weighted by molar-refractivity contribution is -0.116. The molecule has 164 valence electrons. The van der Waals surface area contributed by atoms with Crippen LogP contribution in [0, 0.1) is 0 Å². The zero-order valence-corrected chi connectivity index (χ0v) is 19.4. The molecule has 0 spiro atoms. The van der Waals surface area contributed by atoms with Crippen LogP contribution in [0.5, 0.6) is 5.75 Å². The zero-order chi connectivity index (χ0) is 22.1. The van der Waals surface area contributed by atoms with Crippen molar-refractivity contribution in [1.82, 2.24) is 14.8 Å². The van der Waals surface area contributed by atoms with E-state index in [4.69, 9.17) is 16.3 Å². The van der Waals surface area contributed by atoms with E-state index in [1.165, 1.54) is 5.56 Å². The predicted octanol–water partition coefficient (Wildman–Crippen LogP) is 5.60. The molecule has 1 aromatic heterocycles. The molecular formula is C23H27ClN4O2S. The molecule has 1 N–H and O–H groups in total. The van der Waals surface area contributed by atoms with E-state index in [1.54, 1.807) is 11.8 Å². The molecule has 0 fully saturated rings. The molecule has 0 atom stereocenters. The Bertz CT molecular complexity index is 991. The van der Waals surface area contributed by atoms with Crippen molar-refractivity contribution in [3.8, 4) is 5.75 Å². The highest BCUT2D eigenvalue weighted by molar-refractivity contribution is 7.98. The first-order valence-electron chi connectivity index (χ1n) is 10.4. The van der Waals surface area contributed by atoms with Crippen LogP contribution >= 0.6 is 23.4 Å². The van der Waals surface area contributed by atoms with E-state index < -0.39 is 0 Å². The number of hydrogen-bond acceptors (Lipinski definition) is 5. The highest BCUT2D eigenvalue weighted by Crippen LogP contribution is 2.27. The van der Waals surface area contributed by atoms with Gasteiger partial charge in [-0.1, -0.05) is 60.6 Å². The number of thioether (sulfide) groups is 1. The summed E-state index contributed by atoms with van der Waals surface area (Å²) < 4.78 is 7.61. The predicted molar refractivity (Wildman–Crippen MR) is 126 cm³/mol. The molecule has 1 heterocycles. The van der Waals surface area contributed by atoms with E-state index in [9.17, 15) is 4.79 Å². The van der Waals surface area contributed by atoms with Crippen molar-refractivity contribution in [2.45, 2.75) is 50.6 Å². The van der Waals surface area contributed by atoms with Crippen LogP contribution in [0.15, 0.2) is 53.7 Å². The van der Waals surface area contributed by atoms with Crippen molar-refractivity contribution in [1.29, 1.82) is 0 Å². The number of anilines is 1. The summed E-state index contributed by atoms with van der Waals surface area (Å²) in [6, 6.07) is 15.8. The van der Waals surface area contributed by atoms with Crippen molar-refractivity contribution in [3.63, 3.8) is 0 Å². The Balaban J connectivity index is 1.46. The lowest BCUT2D eigenvalue weighted by Gasteiger charge is -2.09. The fourth-order valence-corrected chi connectivity index (χ4v) is 4.25. The maximum absolute atomic E-state index is 12.3. The number of benzene rings is 2. The minimum atomic E-state index is -0.102. The van der Waals surface area contributed by atoms with E-state index >= 15 is 0 Å². The van der Waals surface area contributed by atoms with Crippen molar-refractivity contribution < 1.29 is 9.53 Å². The fourth-order valence-electron chi connectivity index (χ4n) is 2.96. The minimum Gasteiger partial charge on any atom is -0.494 e. The van der Waals surface area contributed by atoms with Crippen LogP contribution in [-0.4, -0.2) is 27.3 Å². The summed E-state index contributed by atoms with van der Waals surface area (Å²) in [4.78, 5) is 12.3. The molecule has 3 aromatic rings. The van der Waals surface area contributed by atoms with Crippen molar-refractivity contribution in [2.75, 3.05) is 11.9 Å². The van der Waals surface area contributed by atoms with Crippen LogP contribution in [0.1, 0.15) is 37.8 Å². The zero-order valence-electron chi connectivity index (χ0n) is 17.8. The Morgan fingerprint density at radius 1 is 1.13 bits per heavy atom. The first kappa shape index (κ1) is 23.2. The summed E-state index contributed by atoms with van der Waals surface area (Å²) in [6.07, 6.45) is 1.98. The van der Waals surface area contributed by atoms with Crippen LogP contribution in [0.25, 0.3) is 0 Å². The molecule has 0 saturated heterocycles. The van der Waals surface area contributed by atoms with E-state index in [0.717, 1.165) is 27.9 Å². The average molecular weight is 459 g/mol. The Hall–Kier alpha value is -2.51. The molecule has 8 heteroatoms. The summed E-state index contributed by atoms with van der Waals surface area (Å²) >= 11 is 7.77. The van der Waals surface area contributed by atoms with Gasteiger partial charge >= 0.3 is 0 Å². The van der Waals surface area contributed by atoms with E-state index in [0.29, 0.717) is 37.7 Å². The molecule has 6 nitrogen and oxygen atoms in total. The largest absolute Gasteiger partial charge is 0.494 e. The standard InChI is InChI=1S/C23H27ClN4O2S/c1-3-17-11-13-19(14-12-17)30-15-7-10-21(29)25-22-26-27-23(28(22)4-2)31-16-18-8-5-6-9-20(18)24/h5-6,8-9,11-14H,3-4,7,10,15-16H2,1-2H3,(H,25,26,29). The second-order valence-corrected chi connectivity index (χ2v) is 8.28. The molecule has 0 unspecified atom stereocenters. The Morgan fingerprint density at radius 2 is 1.90 bits per heavy atom. The van der Waals surface area contributed by atoms with Gasteiger partial charge in [-0.3, -0.25) is 14.7 Å². The number of rotatable bonds is 11. The second kappa shape index (κ2) is 11.8. The van der Waals surface area contributed by atoms with Gasteiger partial charge in [-0.2, -0.15) is 0 Å². The fraction of sp³-hybridized carbons (Fsp3) is 0.348. The molecule has 0 aliphatic rings. The van der Waals surface area contributed by atoms with Crippen LogP contribution in [0.2, 0.25) is 5.02 Å². The lowest BCUT2D eigenvalue weighted by Crippen LogP contribution is -2.16. The van der Waals surface area contributed by atoms with Gasteiger partial charge in [-0.25, -0.2) is 0 Å². The van der Waals surface area contributed by atoms with Crippen molar-refractivity contribution in [3.05, 3.63) is 64.7 Å². The molecule has 0 bridgehead atoms. The maximum Gasteiger partial charge on any atom is 0.231 e. The summed E-state index contributed by atoms with van der Waals surface area (Å²) in [5, 5.41) is 12.7. The van der Waals surface area contributed by atoms with Gasteiger partial charge in [0.2, 0.25) is 11.9 Å². The van der Waals surface area contributed by atoms with E-state index in [2.05, 4.69) is 34.6 Å². The van der Waals surface area contributed by atoms with E-state index in [1.807, 2.05) is 47.9 Å². The smallest absolute Gasteiger partial charge is 0.231 e. The van der Waals surface area contributed by atoms with Gasteiger partial charge < -0.3 is 4.74 Å². The lowest BCUT2D eigenvalue weighted by atomic mass is 10.2. The number of aromatic nitrogens is 3. The summed E-state index contributed by atoms with van der Waals surface area (Å²) in [7, 11) is 0. The summed E-state index contributed by atoms with van der Waals surface area (Å²) in [5.41, 5.74) is 2.31. The first-order valence-corrected chi connectivity index (χ1v) is 11.8. The minimum absolute atomic E-state index is 0.102. The number of halogens is 1. The topological polar surface area (TPSA) is 69.0 Å². The Morgan fingerprint density at radius 3 is 2.61 bits per heavy atom. The monoisotopic (exact) mass is 458 g/mol. The number of nitrogens with one attached hydrogen (secondary N) is 1. The van der Waals surface area contributed by atoms with Crippen molar-refractivity contribution in [2.24, 2.45) is 0 Å². The summed E-state index contributed by atoms with van der Waals surface area (Å²) in [5.74, 6) is 1.87. The SMILES string of the molecule is CCc1ccc(OCCCC(=O)Nc2nnc(SCc3ccccc3Cl)n2CC)cc1. The van der Waals surface area contributed by atoms with Crippen LogP contribution in [-0.2, 0) is 23.5 Å². The number of aryl methyl sites for hydroxylation is 1. The third-order valence-corrected chi connectivity index (χ3v) is 6.13. The third-order valence-electron chi connectivity index (χ3n) is 4.75. The molecule has 0 radical (unpaired) electrons. The molecular weight excluding hydrogens is 432 g/mol. The number of amides is 1. The number of carbonyl (C=O) groups is 1. The molecule has 1 amide bonds. The van der Waals surface area contributed by atoms with Gasteiger partial charge in [0, 0.05) is 23.7 Å². The molecule has 0 saturated carbocycles. The average Bonchev–Trinajstić information content (AvgIpc) is 3.17. The van der Waals surface area contributed by atoms with Gasteiger partial charge in [-0.15, -0.1) is 10.2 Å². The van der Waals surface area contributed by atoms with Gasteiger partial charge in [-0.05, 0) is 49.1 Å². The van der Waals surface area contributed by atoms with Gasteiger partial charge in [0.25, 0.3) is 0 Å². The number of carbonyl (C=O) groups excluding carboxylic acids is 1. The summed E-state index contributed by atoms with van der Waals surface area (Å²) in [6.45, 7) is 5.26. The van der Waals surface area contributed by atoms with Gasteiger partial charge in [0.1, 0.15) is 5.75 Å². The Labute approximate surface area is 192 Å². The third kappa shape index (κ3) is 6.74. The quantitative estimate of drug-likeness (QED) is 0.299. The highest BCUT2D eigenvalue weighted by atomic mass is 35.5. The molecule has 31 heavy (non-hydrogen) atoms. The van der Waals surface area contributed by atoms with Gasteiger partial charge in [0.05, 0.1) is 6.61 Å². The van der Waals surface area contributed by atoms with Crippen molar-refractivity contribution >= 4 is 35.2 Å². The van der Waals surface area contributed by atoms with Crippen LogP contribution in [0.3, 0.4) is 0 Å². The normalized spacial score (nSPS) is 10.8. The molecule has 0 aliphatic heterocycles.